The zero-order chi connectivity index (χ0) is 17.7. The third kappa shape index (κ3) is 4.49. The average molecular weight is 333 g/mol. The van der Waals surface area contributed by atoms with Gasteiger partial charge in [-0.05, 0) is 45.2 Å². The maximum atomic E-state index is 12.7. The molecule has 0 bridgehead atoms. The highest BCUT2D eigenvalue weighted by Crippen LogP contribution is 2.33. The van der Waals surface area contributed by atoms with Crippen molar-refractivity contribution in [2.75, 3.05) is 13.7 Å². The van der Waals surface area contributed by atoms with Crippen LogP contribution in [0.3, 0.4) is 0 Å². The van der Waals surface area contributed by atoms with E-state index in [2.05, 4.69) is 0 Å². The van der Waals surface area contributed by atoms with Gasteiger partial charge in [0.2, 0.25) is 0 Å². The minimum atomic E-state index is -0.546. The van der Waals surface area contributed by atoms with E-state index in [1.165, 1.54) is 7.11 Å². The molecule has 0 spiro atoms. The van der Waals surface area contributed by atoms with Gasteiger partial charge in [0.25, 0.3) is 0 Å². The normalized spacial score (nSPS) is 18.7. The van der Waals surface area contributed by atoms with Crippen LogP contribution in [0.15, 0.2) is 24.3 Å². The van der Waals surface area contributed by atoms with Crippen LogP contribution < -0.4 is 0 Å². The van der Waals surface area contributed by atoms with Gasteiger partial charge in [-0.15, -0.1) is 0 Å². The van der Waals surface area contributed by atoms with Gasteiger partial charge >= 0.3 is 12.1 Å². The molecule has 5 nitrogen and oxygen atoms in total. The van der Waals surface area contributed by atoms with Crippen LogP contribution in [0, 0.1) is 0 Å². The van der Waals surface area contributed by atoms with E-state index in [4.69, 9.17) is 9.47 Å². The second-order valence-corrected chi connectivity index (χ2v) is 7.12. The fourth-order valence-corrected chi connectivity index (χ4v) is 3.05. The molecule has 1 fully saturated rings. The van der Waals surface area contributed by atoms with Gasteiger partial charge in [0.15, 0.2) is 0 Å². The summed E-state index contributed by atoms with van der Waals surface area (Å²) in [4.78, 5) is 26.6. The van der Waals surface area contributed by atoms with Crippen molar-refractivity contribution >= 4 is 12.1 Å². The Bertz CT molecular complexity index is 591. The summed E-state index contributed by atoms with van der Waals surface area (Å²) in [5, 5.41) is 0. The number of hydrogen-bond donors (Lipinski definition) is 0. The highest BCUT2D eigenvalue weighted by atomic mass is 16.6. The molecule has 1 aliphatic rings. The predicted molar refractivity (Wildman–Crippen MR) is 91.9 cm³/mol. The fraction of sp³-hybridized carbons (Fsp3) is 0.579. The van der Waals surface area contributed by atoms with Gasteiger partial charge in [0, 0.05) is 6.54 Å². The number of amides is 1. The molecule has 5 heteroatoms. The molecule has 0 radical (unpaired) electrons. The molecular weight excluding hydrogens is 306 g/mol. The van der Waals surface area contributed by atoms with Gasteiger partial charge < -0.3 is 14.4 Å². The van der Waals surface area contributed by atoms with E-state index in [1.807, 2.05) is 39.0 Å². The second kappa shape index (κ2) is 7.69. The molecule has 1 aromatic carbocycles. The van der Waals surface area contributed by atoms with Crippen molar-refractivity contribution in [1.29, 1.82) is 0 Å². The van der Waals surface area contributed by atoms with Crippen LogP contribution in [0.5, 0.6) is 0 Å². The Balaban J connectivity index is 2.37. The van der Waals surface area contributed by atoms with Crippen molar-refractivity contribution < 1.29 is 19.1 Å². The van der Waals surface area contributed by atoms with Gasteiger partial charge in [-0.2, -0.15) is 0 Å². The molecular formula is C19H27NO4. The van der Waals surface area contributed by atoms with Crippen LogP contribution in [0.25, 0.3) is 0 Å². The molecule has 0 N–H and O–H groups in total. The molecule has 1 amide bonds. The molecule has 1 aliphatic heterocycles. The lowest BCUT2D eigenvalue weighted by molar-refractivity contribution is 0.0160. The first-order chi connectivity index (χ1) is 11.3. The van der Waals surface area contributed by atoms with Crippen LogP contribution in [0.4, 0.5) is 4.79 Å². The van der Waals surface area contributed by atoms with Crippen molar-refractivity contribution in [3.63, 3.8) is 0 Å². The third-order valence-electron chi connectivity index (χ3n) is 4.11. The summed E-state index contributed by atoms with van der Waals surface area (Å²) in [6.07, 6.45) is 3.51. The van der Waals surface area contributed by atoms with Crippen LogP contribution in [-0.2, 0) is 9.47 Å². The second-order valence-electron chi connectivity index (χ2n) is 7.12. The van der Waals surface area contributed by atoms with E-state index < -0.39 is 5.60 Å². The number of hydrogen-bond acceptors (Lipinski definition) is 4. The Kier molecular flexibility index (Phi) is 5.86. The van der Waals surface area contributed by atoms with Gasteiger partial charge in [-0.3, -0.25) is 0 Å². The van der Waals surface area contributed by atoms with Gasteiger partial charge in [-0.25, -0.2) is 9.59 Å². The van der Waals surface area contributed by atoms with Crippen molar-refractivity contribution in [2.24, 2.45) is 0 Å². The summed E-state index contributed by atoms with van der Waals surface area (Å²) in [5.41, 5.74) is 0.799. The van der Waals surface area contributed by atoms with E-state index in [0.717, 1.165) is 31.2 Å². The molecule has 1 heterocycles. The van der Waals surface area contributed by atoms with E-state index in [9.17, 15) is 9.59 Å². The number of carbonyl (C=O) groups is 2. The Labute approximate surface area is 143 Å². The first-order valence-electron chi connectivity index (χ1n) is 8.50. The number of ether oxygens (including phenoxy) is 2. The van der Waals surface area contributed by atoms with Gasteiger partial charge in [0.1, 0.15) is 5.60 Å². The first kappa shape index (κ1) is 18.3. The summed E-state index contributed by atoms with van der Waals surface area (Å²) in [7, 11) is 1.37. The zero-order valence-corrected chi connectivity index (χ0v) is 15.0. The predicted octanol–water partition coefficient (Wildman–Crippen LogP) is 4.33. The van der Waals surface area contributed by atoms with Gasteiger partial charge in [-0.1, -0.05) is 31.0 Å². The maximum Gasteiger partial charge on any atom is 0.410 e. The summed E-state index contributed by atoms with van der Waals surface area (Å²) < 4.78 is 10.5. The number of benzene rings is 1. The Morgan fingerprint density at radius 1 is 1.12 bits per heavy atom. The Hall–Kier alpha value is -2.04. The average Bonchev–Trinajstić information content (AvgIpc) is 2.78. The van der Waals surface area contributed by atoms with E-state index in [0.29, 0.717) is 12.1 Å². The van der Waals surface area contributed by atoms with E-state index in [-0.39, 0.29) is 18.1 Å². The summed E-state index contributed by atoms with van der Waals surface area (Å²) in [6, 6.07) is 7.18. The minimum absolute atomic E-state index is 0.169. The van der Waals surface area contributed by atoms with Crippen molar-refractivity contribution in [3.05, 3.63) is 35.4 Å². The smallest absolute Gasteiger partial charge is 0.410 e. The Morgan fingerprint density at radius 2 is 1.83 bits per heavy atom. The number of carbonyl (C=O) groups excluding carboxylic acids is 2. The van der Waals surface area contributed by atoms with Crippen molar-refractivity contribution in [3.8, 4) is 0 Å². The molecule has 132 valence electrons. The largest absolute Gasteiger partial charge is 0.465 e. The molecule has 24 heavy (non-hydrogen) atoms. The summed E-state index contributed by atoms with van der Waals surface area (Å²) in [5.74, 6) is -0.376. The van der Waals surface area contributed by atoms with Crippen LogP contribution in [-0.4, -0.2) is 36.2 Å². The van der Waals surface area contributed by atoms with Crippen molar-refractivity contribution in [1.82, 2.24) is 4.90 Å². The van der Waals surface area contributed by atoms with Crippen molar-refractivity contribution in [2.45, 2.75) is 58.1 Å². The van der Waals surface area contributed by atoms with Crippen LogP contribution in [0.2, 0.25) is 0 Å². The number of likely N-dealkylation sites (tertiary alicyclic amines) is 1. The SMILES string of the molecule is COC(=O)c1ccccc1C1CCCCCN1C(=O)OC(C)(C)C. The van der Waals surface area contributed by atoms with Crippen LogP contribution >= 0.6 is 0 Å². The highest BCUT2D eigenvalue weighted by Gasteiger charge is 2.32. The topological polar surface area (TPSA) is 55.8 Å². The molecule has 2 rings (SSSR count). The lowest BCUT2D eigenvalue weighted by atomic mass is 9.96. The molecule has 1 saturated heterocycles. The highest BCUT2D eigenvalue weighted by molar-refractivity contribution is 5.91. The maximum absolute atomic E-state index is 12.7. The van der Waals surface area contributed by atoms with Crippen LogP contribution in [0.1, 0.15) is 68.4 Å². The number of rotatable bonds is 2. The molecule has 0 saturated carbocycles. The molecule has 1 aromatic rings. The number of methoxy groups -OCH3 is 1. The first-order valence-corrected chi connectivity index (χ1v) is 8.50. The number of esters is 1. The lowest BCUT2D eigenvalue weighted by Crippen LogP contribution is -2.39. The molecule has 0 aromatic heterocycles. The zero-order valence-electron chi connectivity index (χ0n) is 15.0. The quantitative estimate of drug-likeness (QED) is 0.756. The standard InChI is InChI=1S/C19H27NO4/c1-19(2,3)24-18(22)20-13-9-5-6-12-16(20)14-10-7-8-11-15(14)17(21)23-4/h7-8,10-11,16H,5-6,9,12-13H2,1-4H3. The summed E-state index contributed by atoms with van der Waals surface area (Å²) in [6.45, 7) is 6.22. The third-order valence-corrected chi connectivity index (χ3v) is 4.11. The van der Waals surface area contributed by atoms with Gasteiger partial charge in [0.05, 0.1) is 18.7 Å². The monoisotopic (exact) mass is 333 g/mol. The fourth-order valence-electron chi connectivity index (χ4n) is 3.05. The van der Waals surface area contributed by atoms with E-state index in [1.54, 1.807) is 11.0 Å². The molecule has 1 unspecified atom stereocenters. The Morgan fingerprint density at radius 3 is 2.50 bits per heavy atom. The lowest BCUT2D eigenvalue weighted by Gasteiger charge is -2.33. The summed E-state index contributed by atoms with van der Waals surface area (Å²) >= 11 is 0. The van der Waals surface area contributed by atoms with E-state index >= 15 is 0 Å². The minimum Gasteiger partial charge on any atom is -0.465 e. The number of nitrogens with zero attached hydrogens (tertiary/aromatic N) is 1. The molecule has 0 aliphatic carbocycles. The molecule has 1 atom stereocenters.